The van der Waals surface area contributed by atoms with E-state index in [-0.39, 0.29) is 45.0 Å². The Morgan fingerprint density at radius 2 is 1.01 bits per heavy atom. The normalized spacial score (nSPS) is 50.1. The van der Waals surface area contributed by atoms with Gasteiger partial charge in [-0.3, -0.25) is 9.59 Å². The van der Waals surface area contributed by atoms with Gasteiger partial charge in [0.25, 0.3) is 0 Å². The van der Waals surface area contributed by atoms with Crippen LogP contribution >= 0.6 is 0 Å². The van der Waals surface area contributed by atoms with Crippen LogP contribution in [-0.2, 0) is 19.8 Å². The second kappa shape index (κ2) is 18.8. The fourth-order valence-electron chi connectivity index (χ4n) is 24.3. The van der Waals surface area contributed by atoms with Crippen LogP contribution in [0.25, 0.3) is 0 Å². The number of carbonyl (C=O) groups is 2. The van der Waals surface area contributed by atoms with Gasteiger partial charge < -0.3 is 20.8 Å². The molecule has 15 rings (SSSR count). The summed E-state index contributed by atoms with van der Waals surface area (Å²) in [5, 5.41) is 10.8. The molecule has 0 aromatic carbocycles. The molecule has 0 aromatic heterocycles. The third-order valence-corrected chi connectivity index (χ3v) is 29.1. The predicted octanol–water partition coefficient (Wildman–Crippen LogP) is 16.3. The summed E-state index contributed by atoms with van der Waals surface area (Å²) in [6, 6.07) is 0. The number of ketones is 2. The minimum atomic E-state index is -0.318. The van der Waals surface area contributed by atoms with Crippen molar-refractivity contribution in [3.05, 3.63) is 48.3 Å². The molecular weight excluding hydrogens is 913 g/mol. The topological polar surface area (TPSA) is 127 Å². The average Bonchev–Trinajstić information content (AvgIpc) is 4.11. The summed E-state index contributed by atoms with van der Waals surface area (Å²) in [5.41, 5.74) is 7.74. The number of ether oxygens (including phenoxy) is 1. The van der Waals surface area contributed by atoms with Crippen molar-refractivity contribution in [3.63, 3.8) is 0 Å². The van der Waals surface area contributed by atoms with Crippen molar-refractivity contribution in [2.24, 2.45) is 125 Å². The number of carbonyl (C=O) groups excluding carboxylic acids is 2. The molecule has 14 aliphatic carbocycles. The molecule has 0 radical (unpaired) electrons. The second-order valence-electron chi connectivity index (χ2n) is 31.4. The molecule has 1 saturated heterocycles. The SMILES string of the molecule is C=C.C=C1OC2C[C@]34C[C@@H]1[C@@]2(C)C(C)(C)[C@@H]3CC[C@H]4C.CC(=O)C1=C(C)[C@@H]2CC3(C1)[C@H](C)CC[C@H]3C2(C)C.CC(=O)[C@@H]1C[C@@]23CC(O)[C@]1(C)C(C)(C)[C@@H]2CC[C@H]3C.CC1=CCC23C[C@@H]1C(C)(C)[C@@H]2CC[C@H]3C.[OH-].[OH3+]. The quantitative estimate of drug-likeness (QED) is 0.218. The zero-order valence-corrected chi connectivity index (χ0v) is 50.8. The summed E-state index contributed by atoms with van der Waals surface area (Å²) in [6.45, 7) is 52.4. The van der Waals surface area contributed by atoms with Crippen molar-refractivity contribution in [1.82, 2.24) is 0 Å². The number of Topliss-reactive ketones (excluding diaryl/α,β-unsaturated/α-hetero) is 2. The Bertz CT molecular complexity index is 2280. The van der Waals surface area contributed by atoms with Gasteiger partial charge in [-0.15, -0.1) is 13.2 Å². The van der Waals surface area contributed by atoms with E-state index in [0.29, 0.717) is 73.5 Å². The van der Waals surface area contributed by atoms with Gasteiger partial charge in [-0.1, -0.05) is 121 Å². The van der Waals surface area contributed by atoms with E-state index in [9.17, 15) is 14.7 Å². The van der Waals surface area contributed by atoms with Gasteiger partial charge in [0, 0.05) is 22.7 Å². The van der Waals surface area contributed by atoms with E-state index < -0.39 is 0 Å². The molecule has 1 aliphatic heterocycles. The van der Waals surface area contributed by atoms with Crippen molar-refractivity contribution in [2.75, 3.05) is 0 Å². The lowest BCUT2D eigenvalue weighted by atomic mass is 9.35. The Labute approximate surface area is 453 Å². The third-order valence-electron chi connectivity index (χ3n) is 29.1. The molecule has 10 bridgehead atoms. The van der Waals surface area contributed by atoms with Crippen LogP contribution < -0.4 is 0 Å². The molecular formula is C68H112O6. The monoisotopic (exact) mass is 1020 g/mol. The maximum absolute atomic E-state index is 12.2. The van der Waals surface area contributed by atoms with Crippen LogP contribution in [0.3, 0.4) is 0 Å². The lowest BCUT2D eigenvalue weighted by molar-refractivity contribution is -0.249. The number of hydrogen-bond donors (Lipinski definition) is 1. The van der Waals surface area contributed by atoms with Crippen molar-refractivity contribution < 1.29 is 30.4 Å². The van der Waals surface area contributed by atoms with Gasteiger partial charge in [0.05, 0.1) is 11.9 Å². The number of aliphatic hydroxyl groups is 1. The predicted molar refractivity (Wildman–Crippen MR) is 305 cm³/mol. The summed E-state index contributed by atoms with van der Waals surface area (Å²) < 4.78 is 6.21. The van der Waals surface area contributed by atoms with E-state index in [4.69, 9.17) is 4.74 Å². The first kappa shape index (κ1) is 59.6. The van der Waals surface area contributed by atoms with Gasteiger partial charge in [-0.05, 0) is 239 Å². The summed E-state index contributed by atoms with van der Waals surface area (Å²) in [5.74, 6) is 10.6. The molecule has 6 heteroatoms. The van der Waals surface area contributed by atoms with E-state index in [0.717, 1.165) is 66.4 Å². The highest BCUT2D eigenvalue weighted by atomic mass is 16.5. The van der Waals surface area contributed by atoms with E-state index in [1.807, 2.05) is 0 Å². The number of fused-ring (bicyclic) bond motifs is 4. The smallest absolute Gasteiger partial charge is 0.155 e. The third kappa shape index (κ3) is 7.34. The number of allylic oxidation sites excluding steroid dienone is 5. The zero-order chi connectivity index (χ0) is 53.3. The molecule has 420 valence electrons. The summed E-state index contributed by atoms with van der Waals surface area (Å²) in [6.07, 6.45) is 23.7. The molecule has 74 heavy (non-hydrogen) atoms. The van der Waals surface area contributed by atoms with Gasteiger partial charge in [0.15, 0.2) is 5.78 Å². The van der Waals surface area contributed by atoms with Crippen molar-refractivity contribution in [2.45, 2.75) is 240 Å². The largest absolute Gasteiger partial charge is 0.870 e. The van der Waals surface area contributed by atoms with Crippen LogP contribution in [0.4, 0.5) is 0 Å². The highest BCUT2D eigenvalue weighted by Gasteiger charge is 2.76. The molecule has 20 atom stereocenters. The Morgan fingerprint density at radius 3 is 1.53 bits per heavy atom. The Hall–Kier alpha value is -2.02. The van der Waals surface area contributed by atoms with Gasteiger partial charge in [0.2, 0.25) is 0 Å². The van der Waals surface area contributed by atoms with Gasteiger partial charge in [-0.25, -0.2) is 0 Å². The van der Waals surface area contributed by atoms with Crippen LogP contribution in [0.5, 0.6) is 0 Å². The van der Waals surface area contributed by atoms with Gasteiger partial charge >= 0.3 is 0 Å². The maximum Gasteiger partial charge on any atom is 0.155 e. The molecule has 1 heterocycles. The van der Waals surface area contributed by atoms with E-state index in [2.05, 4.69) is 137 Å². The number of aliphatic hydroxyl groups excluding tert-OH is 1. The molecule has 12 saturated carbocycles. The van der Waals surface area contributed by atoms with E-state index in [1.165, 1.54) is 94.6 Å². The summed E-state index contributed by atoms with van der Waals surface area (Å²) in [7, 11) is 0. The number of rotatable bonds is 2. The van der Waals surface area contributed by atoms with Gasteiger partial charge in [0.1, 0.15) is 11.9 Å². The maximum atomic E-state index is 12.2. The zero-order valence-electron chi connectivity index (χ0n) is 50.8. The van der Waals surface area contributed by atoms with E-state index in [1.54, 1.807) is 19.4 Å². The summed E-state index contributed by atoms with van der Waals surface area (Å²) in [4.78, 5) is 24.2. The van der Waals surface area contributed by atoms with E-state index >= 15 is 0 Å². The fourth-order valence-corrected chi connectivity index (χ4v) is 24.3. The fraction of sp³-hybridized carbons (Fsp3) is 0.853. The van der Waals surface area contributed by atoms with Crippen LogP contribution in [0.2, 0.25) is 0 Å². The van der Waals surface area contributed by atoms with Gasteiger partial charge in [-0.2, -0.15) is 0 Å². The Kier molecular flexibility index (Phi) is 15.2. The minimum Gasteiger partial charge on any atom is -0.870 e. The molecule has 13 fully saturated rings. The Morgan fingerprint density at radius 1 is 0.581 bits per heavy atom. The molecule has 4 unspecified atom stereocenters. The van der Waals surface area contributed by atoms with Crippen LogP contribution in [0.1, 0.15) is 227 Å². The molecule has 5 N–H and O–H groups in total. The lowest BCUT2D eigenvalue weighted by Crippen LogP contribution is -2.68. The van der Waals surface area contributed by atoms with Crippen molar-refractivity contribution in [3.8, 4) is 0 Å². The van der Waals surface area contributed by atoms with Crippen molar-refractivity contribution in [1.29, 1.82) is 0 Å². The summed E-state index contributed by atoms with van der Waals surface area (Å²) >= 11 is 0. The number of hydrogen-bond acceptors (Lipinski definition) is 5. The minimum absolute atomic E-state index is 0. The first-order chi connectivity index (χ1) is 33.3. The van der Waals surface area contributed by atoms with Crippen LogP contribution in [0.15, 0.2) is 48.3 Å². The molecule has 0 aromatic rings. The highest BCUT2D eigenvalue weighted by Crippen LogP contribution is 2.80. The average molecular weight is 1030 g/mol. The molecule has 6 nitrogen and oxygen atoms in total. The van der Waals surface area contributed by atoms with Crippen LogP contribution in [-0.4, -0.2) is 34.4 Å². The molecule has 4 spiro atoms. The first-order valence-electron chi connectivity index (χ1n) is 30.2. The lowest BCUT2D eigenvalue weighted by Gasteiger charge is -2.69. The Balaban J connectivity index is 0.000000142. The standard InChI is InChI=1S/C17H28O2.2C17H26O.C15H24.C2H4.2H2O/c1-10-6-7-13-15(3,4)16(5)12(11(2)18)8-17(10,13)9-14(16)19;1-10-6-7-13-15(3,4)16(5)12-8-17(10,13)9-14(16)18-11(12)2;1-10-6-7-15-16(4,5)14-9-17(10,15)8-13(11(14)2)12(3)18;1-10-7-8-15-9-12(10)14(3,4)13(15)6-5-11(15)2;1-2;;/h10,12-14,19H,6-9H2,1-5H3;10,12-14H,2,6-9H2,1,3-5H3;10,14-15H,6-9H2,1-5H3;7,11-13H,5-6,8-9H2,1-4H3;1-2H2;2*1H2/t2*10-,12+,13+,14?,16-,17+;10-,14+,15+,17?;11-,12+,13+,15?;;;/m1111.../s1. The van der Waals surface area contributed by atoms with Crippen molar-refractivity contribution >= 4 is 11.6 Å². The molecule has 0 amide bonds. The highest BCUT2D eigenvalue weighted by molar-refractivity contribution is 5.94. The van der Waals surface area contributed by atoms with Crippen LogP contribution in [0, 0.1) is 125 Å². The molecule has 15 aliphatic rings. The first-order valence-corrected chi connectivity index (χ1v) is 30.2. The second-order valence-corrected chi connectivity index (χ2v) is 31.4.